The molecule has 3 rings (SSSR count). The first-order valence-electron chi connectivity index (χ1n) is 6.51. The number of hydrogen-bond acceptors (Lipinski definition) is 2. The standard InChI is InChI=1S/C17H17NS/c1-12-9-17(19-13(12)2)11-18-16-8-7-14-5-3-4-6-15(14)10-16/h3-10,18H,11H2,1-2H3. The number of anilines is 1. The maximum atomic E-state index is 3.50. The van der Waals surface area contributed by atoms with Crippen molar-refractivity contribution >= 4 is 27.8 Å². The maximum Gasteiger partial charge on any atom is 0.0494 e. The Kier molecular flexibility index (Phi) is 3.26. The number of benzene rings is 2. The third kappa shape index (κ3) is 2.64. The molecule has 0 radical (unpaired) electrons. The first kappa shape index (κ1) is 12.2. The summed E-state index contributed by atoms with van der Waals surface area (Å²) < 4.78 is 0. The van der Waals surface area contributed by atoms with Crippen LogP contribution in [0.15, 0.2) is 48.5 Å². The van der Waals surface area contributed by atoms with Gasteiger partial charge in [-0.3, -0.25) is 0 Å². The van der Waals surface area contributed by atoms with Crippen LogP contribution in [0.25, 0.3) is 10.8 Å². The van der Waals surface area contributed by atoms with Crippen LogP contribution in [0.4, 0.5) is 5.69 Å². The van der Waals surface area contributed by atoms with Crippen LogP contribution in [0, 0.1) is 13.8 Å². The van der Waals surface area contributed by atoms with Gasteiger partial charge in [0.2, 0.25) is 0 Å². The first-order chi connectivity index (χ1) is 9.22. The van der Waals surface area contributed by atoms with Crippen LogP contribution in [0.5, 0.6) is 0 Å². The summed E-state index contributed by atoms with van der Waals surface area (Å²) in [6.07, 6.45) is 0. The van der Waals surface area contributed by atoms with E-state index in [1.807, 2.05) is 11.3 Å². The van der Waals surface area contributed by atoms with Crippen molar-refractivity contribution in [2.45, 2.75) is 20.4 Å². The molecule has 1 N–H and O–H groups in total. The highest BCUT2D eigenvalue weighted by Crippen LogP contribution is 2.23. The second-order valence-electron chi connectivity index (χ2n) is 4.87. The van der Waals surface area contributed by atoms with Crippen molar-refractivity contribution in [3.8, 4) is 0 Å². The van der Waals surface area contributed by atoms with Crippen molar-refractivity contribution in [1.29, 1.82) is 0 Å². The van der Waals surface area contributed by atoms with E-state index in [2.05, 4.69) is 67.7 Å². The van der Waals surface area contributed by atoms with Crippen LogP contribution >= 0.6 is 11.3 Å². The van der Waals surface area contributed by atoms with Gasteiger partial charge in [-0.25, -0.2) is 0 Å². The average molecular weight is 267 g/mol. The second kappa shape index (κ2) is 5.06. The topological polar surface area (TPSA) is 12.0 Å². The van der Waals surface area contributed by atoms with Gasteiger partial charge in [-0.15, -0.1) is 11.3 Å². The predicted molar refractivity (Wildman–Crippen MR) is 85.1 cm³/mol. The van der Waals surface area contributed by atoms with Gasteiger partial charge in [0.25, 0.3) is 0 Å². The number of hydrogen-bond donors (Lipinski definition) is 1. The van der Waals surface area contributed by atoms with Gasteiger partial charge in [-0.1, -0.05) is 30.3 Å². The maximum absolute atomic E-state index is 3.50. The van der Waals surface area contributed by atoms with Crippen LogP contribution in [0.2, 0.25) is 0 Å². The molecule has 0 unspecified atom stereocenters. The SMILES string of the molecule is Cc1cc(CNc2ccc3ccccc3c2)sc1C. The number of fused-ring (bicyclic) bond motifs is 1. The Morgan fingerprint density at radius 1 is 0.947 bits per heavy atom. The summed E-state index contributed by atoms with van der Waals surface area (Å²) in [5.74, 6) is 0. The van der Waals surface area contributed by atoms with E-state index in [1.165, 1.54) is 31.8 Å². The fourth-order valence-electron chi connectivity index (χ4n) is 2.23. The number of rotatable bonds is 3. The minimum absolute atomic E-state index is 0.900. The highest BCUT2D eigenvalue weighted by atomic mass is 32.1. The van der Waals surface area contributed by atoms with Gasteiger partial charge in [-0.2, -0.15) is 0 Å². The van der Waals surface area contributed by atoms with Gasteiger partial charge in [0.15, 0.2) is 0 Å². The Morgan fingerprint density at radius 3 is 2.47 bits per heavy atom. The van der Waals surface area contributed by atoms with Crippen LogP contribution in [-0.4, -0.2) is 0 Å². The molecule has 0 saturated heterocycles. The molecule has 0 aliphatic rings. The molecule has 2 heteroatoms. The van der Waals surface area contributed by atoms with E-state index in [1.54, 1.807) is 0 Å². The van der Waals surface area contributed by atoms with Crippen molar-refractivity contribution < 1.29 is 0 Å². The summed E-state index contributed by atoms with van der Waals surface area (Å²) in [6.45, 7) is 5.25. The summed E-state index contributed by atoms with van der Waals surface area (Å²) in [4.78, 5) is 2.80. The molecule has 1 nitrogen and oxygen atoms in total. The van der Waals surface area contributed by atoms with Gasteiger partial charge in [-0.05, 0) is 48.4 Å². The molecule has 2 aromatic carbocycles. The number of nitrogens with one attached hydrogen (secondary N) is 1. The van der Waals surface area contributed by atoms with E-state index in [-0.39, 0.29) is 0 Å². The van der Waals surface area contributed by atoms with E-state index in [0.717, 1.165) is 6.54 Å². The lowest BCUT2D eigenvalue weighted by Gasteiger charge is -2.06. The minimum Gasteiger partial charge on any atom is -0.380 e. The second-order valence-corrected chi connectivity index (χ2v) is 6.21. The third-order valence-corrected chi connectivity index (χ3v) is 4.59. The lowest BCUT2D eigenvalue weighted by atomic mass is 10.1. The zero-order valence-corrected chi connectivity index (χ0v) is 12.1. The molecule has 96 valence electrons. The van der Waals surface area contributed by atoms with Gasteiger partial charge < -0.3 is 5.32 Å². The zero-order valence-electron chi connectivity index (χ0n) is 11.2. The van der Waals surface area contributed by atoms with Crippen molar-refractivity contribution in [2.75, 3.05) is 5.32 Å². The minimum atomic E-state index is 0.900. The van der Waals surface area contributed by atoms with E-state index < -0.39 is 0 Å². The first-order valence-corrected chi connectivity index (χ1v) is 7.32. The van der Waals surface area contributed by atoms with E-state index in [9.17, 15) is 0 Å². The van der Waals surface area contributed by atoms with E-state index in [4.69, 9.17) is 0 Å². The zero-order chi connectivity index (χ0) is 13.2. The van der Waals surface area contributed by atoms with Crippen LogP contribution in [-0.2, 0) is 6.54 Å². The fourth-order valence-corrected chi connectivity index (χ4v) is 3.22. The smallest absolute Gasteiger partial charge is 0.0494 e. The monoisotopic (exact) mass is 267 g/mol. The highest BCUT2D eigenvalue weighted by Gasteiger charge is 2.01. The number of aryl methyl sites for hydroxylation is 2. The van der Waals surface area contributed by atoms with Crippen LogP contribution < -0.4 is 5.32 Å². The predicted octanol–water partition coefficient (Wildman–Crippen LogP) is 5.13. The van der Waals surface area contributed by atoms with Gasteiger partial charge >= 0.3 is 0 Å². The van der Waals surface area contributed by atoms with Crippen LogP contribution in [0.1, 0.15) is 15.3 Å². The summed E-state index contributed by atoms with van der Waals surface area (Å²) in [7, 11) is 0. The van der Waals surface area contributed by atoms with E-state index in [0.29, 0.717) is 0 Å². The summed E-state index contributed by atoms with van der Waals surface area (Å²) in [5.41, 5.74) is 2.57. The molecule has 0 bridgehead atoms. The summed E-state index contributed by atoms with van der Waals surface area (Å²) in [5, 5.41) is 6.08. The quantitative estimate of drug-likeness (QED) is 0.693. The Balaban J connectivity index is 1.78. The lowest BCUT2D eigenvalue weighted by Crippen LogP contribution is -1.96. The molecule has 0 amide bonds. The van der Waals surface area contributed by atoms with Gasteiger partial charge in [0.1, 0.15) is 0 Å². The Hall–Kier alpha value is -1.80. The molecule has 0 aliphatic carbocycles. The molecule has 0 fully saturated rings. The van der Waals surface area contributed by atoms with Gasteiger partial charge in [0, 0.05) is 22.0 Å². The van der Waals surface area contributed by atoms with E-state index >= 15 is 0 Å². The third-order valence-electron chi connectivity index (χ3n) is 3.43. The Bertz CT molecular complexity index is 693. The Morgan fingerprint density at radius 2 is 1.74 bits per heavy atom. The molecule has 0 aliphatic heterocycles. The number of thiophene rings is 1. The summed E-state index contributed by atoms with van der Waals surface area (Å²) >= 11 is 1.87. The molecule has 0 saturated carbocycles. The normalized spacial score (nSPS) is 10.8. The molecule has 1 heterocycles. The van der Waals surface area contributed by atoms with Crippen molar-refractivity contribution in [3.63, 3.8) is 0 Å². The van der Waals surface area contributed by atoms with Crippen LogP contribution in [0.3, 0.4) is 0 Å². The fraction of sp³-hybridized carbons (Fsp3) is 0.176. The van der Waals surface area contributed by atoms with Gasteiger partial charge in [0.05, 0.1) is 0 Å². The highest BCUT2D eigenvalue weighted by molar-refractivity contribution is 7.12. The molecule has 0 spiro atoms. The van der Waals surface area contributed by atoms with Crippen molar-refractivity contribution in [1.82, 2.24) is 0 Å². The lowest BCUT2D eigenvalue weighted by molar-refractivity contribution is 1.19. The molecular formula is C17H17NS. The molecule has 0 atom stereocenters. The molecule has 1 aromatic heterocycles. The molecule has 19 heavy (non-hydrogen) atoms. The Labute approximate surface area is 117 Å². The van der Waals surface area contributed by atoms with Crippen molar-refractivity contribution in [3.05, 3.63) is 63.8 Å². The summed E-state index contributed by atoms with van der Waals surface area (Å²) in [6, 6.07) is 17.3. The molecular weight excluding hydrogens is 250 g/mol. The van der Waals surface area contributed by atoms with Crippen molar-refractivity contribution in [2.24, 2.45) is 0 Å². The molecule has 3 aromatic rings. The average Bonchev–Trinajstić information content (AvgIpc) is 2.75. The largest absolute Gasteiger partial charge is 0.380 e.